The summed E-state index contributed by atoms with van der Waals surface area (Å²) in [5, 5.41) is 4.72. The number of hydrogen-bond donors (Lipinski definition) is 0. The first-order valence-corrected chi connectivity index (χ1v) is 7.48. The molecular formula is C16H15FN4O2. The largest absolute Gasteiger partial charge is 0.379 e. The van der Waals surface area contributed by atoms with Crippen LogP contribution >= 0.6 is 0 Å². The zero-order valence-corrected chi connectivity index (χ0v) is 12.4. The van der Waals surface area contributed by atoms with Crippen LogP contribution in [0.5, 0.6) is 0 Å². The van der Waals surface area contributed by atoms with Crippen LogP contribution in [-0.4, -0.2) is 46.3 Å². The molecule has 0 unspecified atom stereocenters. The Bertz CT molecular complexity index is 830. The molecule has 3 aromatic rings. The van der Waals surface area contributed by atoms with Crippen molar-refractivity contribution >= 4 is 10.9 Å². The normalized spacial score (nSPS) is 16.0. The van der Waals surface area contributed by atoms with E-state index in [0.717, 1.165) is 31.7 Å². The number of pyridine rings is 1. The molecule has 7 heteroatoms. The third kappa shape index (κ3) is 2.93. The first kappa shape index (κ1) is 14.2. The molecule has 118 valence electrons. The van der Waals surface area contributed by atoms with Crippen molar-refractivity contribution in [1.29, 1.82) is 0 Å². The van der Waals surface area contributed by atoms with Crippen LogP contribution in [0.3, 0.4) is 0 Å². The monoisotopic (exact) mass is 314 g/mol. The van der Waals surface area contributed by atoms with Crippen LogP contribution < -0.4 is 0 Å². The molecule has 0 atom stereocenters. The van der Waals surface area contributed by atoms with E-state index >= 15 is 0 Å². The van der Waals surface area contributed by atoms with Crippen molar-refractivity contribution in [2.24, 2.45) is 0 Å². The van der Waals surface area contributed by atoms with Crippen molar-refractivity contribution in [2.45, 2.75) is 6.54 Å². The predicted molar refractivity (Wildman–Crippen MR) is 81.1 cm³/mol. The molecule has 0 saturated carbocycles. The Labute approximate surface area is 131 Å². The van der Waals surface area contributed by atoms with Crippen LogP contribution in [0.2, 0.25) is 0 Å². The first-order valence-electron chi connectivity index (χ1n) is 7.48. The van der Waals surface area contributed by atoms with Crippen molar-refractivity contribution in [3.05, 3.63) is 42.0 Å². The Kier molecular flexibility index (Phi) is 3.72. The quantitative estimate of drug-likeness (QED) is 0.739. The SMILES string of the molecule is Fc1cccc2ccc(-c3nc(CN4CCOCC4)no3)nc12. The van der Waals surface area contributed by atoms with E-state index in [9.17, 15) is 4.39 Å². The fourth-order valence-electron chi connectivity index (χ4n) is 2.61. The van der Waals surface area contributed by atoms with Crippen LogP contribution in [0, 0.1) is 5.82 Å². The van der Waals surface area contributed by atoms with Crippen molar-refractivity contribution in [2.75, 3.05) is 26.3 Å². The van der Waals surface area contributed by atoms with E-state index in [1.54, 1.807) is 18.2 Å². The van der Waals surface area contributed by atoms with Crippen LogP contribution in [0.4, 0.5) is 4.39 Å². The topological polar surface area (TPSA) is 64.3 Å². The van der Waals surface area contributed by atoms with E-state index in [1.807, 2.05) is 6.07 Å². The molecule has 0 aliphatic carbocycles. The van der Waals surface area contributed by atoms with E-state index in [-0.39, 0.29) is 5.82 Å². The summed E-state index contributed by atoms with van der Waals surface area (Å²) in [6, 6.07) is 8.41. The average molecular weight is 314 g/mol. The number of ether oxygens (including phenoxy) is 1. The number of fused-ring (bicyclic) bond motifs is 1. The Morgan fingerprint density at radius 3 is 2.83 bits per heavy atom. The molecule has 0 N–H and O–H groups in total. The fourth-order valence-corrected chi connectivity index (χ4v) is 2.61. The van der Waals surface area contributed by atoms with Gasteiger partial charge in [-0.25, -0.2) is 9.37 Å². The van der Waals surface area contributed by atoms with Crippen molar-refractivity contribution in [3.63, 3.8) is 0 Å². The molecule has 1 saturated heterocycles. The Morgan fingerprint density at radius 2 is 1.96 bits per heavy atom. The van der Waals surface area contributed by atoms with Gasteiger partial charge in [-0.1, -0.05) is 23.4 Å². The summed E-state index contributed by atoms with van der Waals surface area (Å²) in [5.74, 6) is 0.535. The maximum Gasteiger partial charge on any atom is 0.276 e. The van der Waals surface area contributed by atoms with E-state index in [1.165, 1.54) is 6.07 Å². The van der Waals surface area contributed by atoms with Gasteiger partial charge in [0, 0.05) is 18.5 Å². The minimum atomic E-state index is -0.364. The van der Waals surface area contributed by atoms with Gasteiger partial charge in [0.1, 0.15) is 17.0 Å². The van der Waals surface area contributed by atoms with Gasteiger partial charge >= 0.3 is 0 Å². The van der Waals surface area contributed by atoms with Gasteiger partial charge < -0.3 is 9.26 Å². The number of benzene rings is 1. The molecule has 6 nitrogen and oxygen atoms in total. The summed E-state index contributed by atoms with van der Waals surface area (Å²) in [4.78, 5) is 10.9. The minimum absolute atomic E-state index is 0.304. The highest BCUT2D eigenvalue weighted by atomic mass is 19.1. The lowest BCUT2D eigenvalue weighted by molar-refractivity contribution is 0.0327. The fraction of sp³-hybridized carbons (Fsp3) is 0.312. The van der Waals surface area contributed by atoms with Crippen molar-refractivity contribution in [1.82, 2.24) is 20.0 Å². The Morgan fingerprint density at radius 1 is 1.09 bits per heavy atom. The second-order valence-electron chi connectivity index (χ2n) is 5.41. The van der Waals surface area contributed by atoms with Gasteiger partial charge in [0.2, 0.25) is 0 Å². The zero-order valence-electron chi connectivity index (χ0n) is 12.4. The molecule has 2 aromatic heterocycles. The minimum Gasteiger partial charge on any atom is -0.379 e. The summed E-state index contributed by atoms with van der Waals surface area (Å²) in [6.45, 7) is 3.74. The first-order chi connectivity index (χ1) is 11.3. The molecule has 3 heterocycles. The second-order valence-corrected chi connectivity index (χ2v) is 5.41. The maximum absolute atomic E-state index is 13.8. The van der Waals surface area contributed by atoms with E-state index in [0.29, 0.717) is 29.5 Å². The summed E-state index contributed by atoms with van der Waals surface area (Å²) in [5.41, 5.74) is 0.779. The van der Waals surface area contributed by atoms with Crippen molar-refractivity contribution < 1.29 is 13.7 Å². The highest BCUT2D eigenvalue weighted by molar-refractivity contribution is 5.81. The zero-order chi connectivity index (χ0) is 15.6. The van der Waals surface area contributed by atoms with Gasteiger partial charge in [0.25, 0.3) is 5.89 Å². The lowest BCUT2D eigenvalue weighted by atomic mass is 10.2. The molecule has 4 rings (SSSR count). The summed E-state index contributed by atoms with van der Waals surface area (Å²) in [7, 11) is 0. The smallest absolute Gasteiger partial charge is 0.276 e. The highest BCUT2D eigenvalue weighted by Gasteiger charge is 2.16. The summed E-state index contributed by atoms with van der Waals surface area (Å²) < 4.78 is 24.4. The average Bonchev–Trinajstić information content (AvgIpc) is 3.04. The predicted octanol–water partition coefficient (Wildman–Crippen LogP) is 2.26. The number of para-hydroxylation sites is 1. The van der Waals surface area contributed by atoms with Gasteiger partial charge in [0.15, 0.2) is 5.82 Å². The number of aromatic nitrogens is 3. The lowest BCUT2D eigenvalue weighted by Crippen LogP contribution is -2.35. The highest BCUT2D eigenvalue weighted by Crippen LogP contribution is 2.21. The third-order valence-corrected chi connectivity index (χ3v) is 3.83. The van der Waals surface area contributed by atoms with E-state index < -0.39 is 0 Å². The molecule has 1 aromatic carbocycles. The standard InChI is InChI=1S/C16H15FN4O2/c17-12-3-1-2-11-4-5-13(18-15(11)12)16-19-14(20-23-16)10-21-6-8-22-9-7-21/h1-5H,6-10H2. The van der Waals surface area contributed by atoms with Gasteiger partial charge in [0.05, 0.1) is 19.8 Å². The van der Waals surface area contributed by atoms with Crippen molar-refractivity contribution in [3.8, 4) is 11.6 Å². The van der Waals surface area contributed by atoms with E-state index in [2.05, 4.69) is 20.0 Å². The maximum atomic E-state index is 13.8. The molecule has 1 aliphatic rings. The number of morpholine rings is 1. The van der Waals surface area contributed by atoms with Gasteiger partial charge in [-0.15, -0.1) is 0 Å². The van der Waals surface area contributed by atoms with Crippen LogP contribution in [0.1, 0.15) is 5.82 Å². The molecule has 1 fully saturated rings. The molecule has 0 bridgehead atoms. The molecule has 0 radical (unpaired) electrons. The molecule has 0 amide bonds. The Hall–Kier alpha value is -2.38. The van der Waals surface area contributed by atoms with Crippen LogP contribution in [0.25, 0.3) is 22.5 Å². The van der Waals surface area contributed by atoms with Gasteiger partial charge in [-0.2, -0.15) is 4.98 Å². The number of halogens is 1. The Balaban J connectivity index is 1.59. The summed E-state index contributed by atoms with van der Waals surface area (Å²) >= 11 is 0. The third-order valence-electron chi connectivity index (χ3n) is 3.83. The van der Waals surface area contributed by atoms with Gasteiger partial charge in [-0.05, 0) is 12.1 Å². The van der Waals surface area contributed by atoms with Crippen LogP contribution in [0.15, 0.2) is 34.9 Å². The second kappa shape index (κ2) is 6.02. The van der Waals surface area contributed by atoms with Crippen LogP contribution in [-0.2, 0) is 11.3 Å². The van der Waals surface area contributed by atoms with E-state index in [4.69, 9.17) is 9.26 Å². The van der Waals surface area contributed by atoms with Gasteiger partial charge in [-0.3, -0.25) is 4.90 Å². The number of nitrogens with zero attached hydrogens (tertiary/aromatic N) is 4. The molecule has 23 heavy (non-hydrogen) atoms. The molecular weight excluding hydrogens is 299 g/mol. The lowest BCUT2D eigenvalue weighted by Gasteiger charge is -2.24. The number of rotatable bonds is 3. The number of hydrogen-bond acceptors (Lipinski definition) is 6. The molecule has 0 spiro atoms. The summed E-state index contributed by atoms with van der Waals surface area (Å²) in [6.07, 6.45) is 0. The molecule has 1 aliphatic heterocycles.